The second-order valence-electron chi connectivity index (χ2n) is 8.63. The lowest BCUT2D eigenvalue weighted by atomic mass is 9.93. The van der Waals surface area contributed by atoms with Crippen molar-refractivity contribution >= 4 is 5.52 Å². The Balaban J connectivity index is 1.44. The van der Waals surface area contributed by atoms with Crippen LogP contribution in [0, 0.1) is 24.1 Å². The number of nitriles is 1. The monoisotopic (exact) mass is 461 g/mol. The van der Waals surface area contributed by atoms with E-state index in [0.717, 1.165) is 48.8 Å². The minimum atomic E-state index is -0.520. The fourth-order valence-corrected chi connectivity index (χ4v) is 4.47. The van der Waals surface area contributed by atoms with Gasteiger partial charge in [0.1, 0.15) is 29.2 Å². The Morgan fingerprint density at radius 1 is 1.21 bits per heavy atom. The van der Waals surface area contributed by atoms with Gasteiger partial charge in [0.25, 0.3) is 5.88 Å². The van der Waals surface area contributed by atoms with Crippen LogP contribution < -0.4 is 4.74 Å². The molecule has 1 N–H and O–H groups in total. The molecule has 0 unspecified atom stereocenters. The van der Waals surface area contributed by atoms with Crippen LogP contribution in [0.3, 0.4) is 0 Å². The fraction of sp³-hybridized carbons (Fsp3) is 0.375. The highest BCUT2D eigenvalue weighted by molar-refractivity contribution is 5.70. The second kappa shape index (κ2) is 8.83. The van der Waals surface area contributed by atoms with Crippen molar-refractivity contribution < 1.29 is 14.2 Å². The highest BCUT2D eigenvalue weighted by Crippen LogP contribution is 2.32. The molecule has 4 heterocycles. The van der Waals surface area contributed by atoms with Gasteiger partial charge in [-0.3, -0.25) is 4.98 Å². The Hall–Kier alpha value is -3.84. The molecule has 4 aromatic rings. The molecule has 0 aromatic carbocycles. The maximum Gasteiger partial charge on any atom is 0.252 e. The van der Waals surface area contributed by atoms with E-state index in [0.29, 0.717) is 16.8 Å². The van der Waals surface area contributed by atoms with Crippen molar-refractivity contribution in [3.05, 3.63) is 59.4 Å². The number of ether oxygens (including phenoxy) is 1. The van der Waals surface area contributed by atoms with E-state index in [9.17, 15) is 14.8 Å². The molecule has 0 bridgehead atoms. The van der Waals surface area contributed by atoms with Gasteiger partial charge in [-0.05, 0) is 63.8 Å². The van der Waals surface area contributed by atoms with Gasteiger partial charge in [0, 0.05) is 11.8 Å². The summed E-state index contributed by atoms with van der Waals surface area (Å²) in [6, 6.07) is 8.94. The molecule has 0 radical (unpaired) electrons. The van der Waals surface area contributed by atoms with Gasteiger partial charge in [0.05, 0.1) is 35.2 Å². The van der Waals surface area contributed by atoms with Crippen LogP contribution in [0.5, 0.6) is 5.88 Å². The fourth-order valence-electron chi connectivity index (χ4n) is 4.47. The number of hydrogen-bond donors (Lipinski definition) is 1. The molecule has 0 spiro atoms. The van der Waals surface area contributed by atoms with E-state index >= 15 is 0 Å². The third-order valence-electron chi connectivity index (χ3n) is 6.38. The first-order valence-corrected chi connectivity index (χ1v) is 11.3. The number of aliphatic hydroxyl groups excluding tert-OH is 1. The lowest BCUT2D eigenvalue weighted by Crippen LogP contribution is -2.22. The first-order chi connectivity index (χ1) is 16.4. The van der Waals surface area contributed by atoms with Crippen LogP contribution in [0.15, 0.2) is 36.7 Å². The number of aromatic nitrogens is 6. The number of pyridine rings is 2. The molecular formula is C24H24FN7O2. The number of aliphatic hydroxyl groups is 1. The molecule has 174 valence electrons. The van der Waals surface area contributed by atoms with Crippen LogP contribution in [0.4, 0.5) is 4.39 Å². The molecule has 34 heavy (non-hydrogen) atoms. The van der Waals surface area contributed by atoms with Gasteiger partial charge in [0.15, 0.2) is 0 Å². The van der Waals surface area contributed by atoms with Gasteiger partial charge < -0.3 is 9.84 Å². The molecule has 1 saturated carbocycles. The van der Waals surface area contributed by atoms with Gasteiger partial charge in [-0.2, -0.15) is 5.26 Å². The van der Waals surface area contributed by atoms with Crippen molar-refractivity contribution in [2.75, 3.05) is 0 Å². The third-order valence-corrected chi connectivity index (χ3v) is 6.38. The summed E-state index contributed by atoms with van der Waals surface area (Å²) >= 11 is 0. The summed E-state index contributed by atoms with van der Waals surface area (Å²) in [7, 11) is 0. The number of fused-ring (bicyclic) bond motifs is 1. The topological polar surface area (TPSA) is 114 Å². The first kappa shape index (κ1) is 22.0. The highest BCUT2D eigenvalue weighted by atomic mass is 19.1. The van der Waals surface area contributed by atoms with Gasteiger partial charge in [0.2, 0.25) is 0 Å². The Bertz CT molecular complexity index is 1360. The maximum absolute atomic E-state index is 13.2. The van der Waals surface area contributed by atoms with Crippen molar-refractivity contribution in [3.63, 3.8) is 0 Å². The van der Waals surface area contributed by atoms with Crippen molar-refractivity contribution in [3.8, 4) is 23.2 Å². The largest absolute Gasteiger partial charge is 0.466 e. The summed E-state index contributed by atoms with van der Waals surface area (Å²) in [4.78, 5) is 4.04. The van der Waals surface area contributed by atoms with E-state index in [-0.39, 0.29) is 18.0 Å². The number of hydrogen-bond acceptors (Lipinski definition) is 7. The molecule has 5 rings (SSSR count). The predicted molar refractivity (Wildman–Crippen MR) is 120 cm³/mol. The van der Waals surface area contributed by atoms with Gasteiger partial charge in [-0.15, -0.1) is 10.2 Å². The van der Waals surface area contributed by atoms with Crippen LogP contribution in [0.25, 0.3) is 16.8 Å². The minimum Gasteiger partial charge on any atom is -0.466 e. The van der Waals surface area contributed by atoms with E-state index in [1.54, 1.807) is 23.7 Å². The molecule has 1 aliphatic rings. The minimum absolute atomic E-state index is 0.180. The molecule has 0 saturated heterocycles. The second-order valence-corrected chi connectivity index (χ2v) is 8.63. The Labute approximate surface area is 195 Å². The molecule has 0 aliphatic heterocycles. The van der Waals surface area contributed by atoms with Crippen LogP contribution in [0.2, 0.25) is 0 Å². The lowest BCUT2D eigenvalue weighted by molar-refractivity contribution is 0.107. The third kappa shape index (κ3) is 3.99. The van der Waals surface area contributed by atoms with Crippen molar-refractivity contribution in [1.82, 2.24) is 29.6 Å². The molecule has 1 aliphatic carbocycles. The zero-order chi connectivity index (χ0) is 23.8. The van der Waals surface area contributed by atoms with Crippen molar-refractivity contribution in [1.29, 1.82) is 5.26 Å². The zero-order valence-corrected chi connectivity index (χ0v) is 18.9. The molecule has 1 atom stereocenters. The molecule has 10 heteroatoms. The lowest BCUT2D eigenvalue weighted by Gasteiger charge is -2.26. The van der Waals surface area contributed by atoms with Crippen molar-refractivity contribution in [2.45, 2.75) is 57.8 Å². The average molecular weight is 462 g/mol. The number of halogens is 1. The highest BCUT2D eigenvalue weighted by Gasteiger charge is 2.25. The van der Waals surface area contributed by atoms with Crippen LogP contribution in [-0.2, 0) is 0 Å². The molecular weight excluding hydrogens is 437 g/mol. The normalized spacial score (nSPS) is 19.1. The Morgan fingerprint density at radius 2 is 2.00 bits per heavy atom. The first-order valence-electron chi connectivity index (χ1n) is 11.3. The Morgan fingerprint density at radius 3 is 2.71 bits per heavy atom. The quantitative estimate of drug-likeness (QED) is 0.479. The van der Waals surface area contributed by atoms with E-state index in [2.05, 4.69) is 26.5 Å². The summed E-state index contributed by atoms with van der Waals surface area (Å²) in [6.45, 7) is 3.75. The standard InChI is InChI=1S/C24H24FN7O2/c1-14-23(28-30-32(14)18-5-7-19(33)8-6-18)16-3-10-22-20(11-26)24(29-31(22)13-16)34-15(2)21-9-4-17(25)12-27-21/h3-4,9-10,12-13,15,18-19,33H,5-8H2,1-2H3/t15-,18?,19?/m1/s1. The predicted octanol–water partition coefficient (Wildman–Crippen LogP) is 3.92. The summed E-state index contributed by atoms with van der Waals surface area (Å²) in [5, 5.41) is 32.8. The van der Waals surface area contributed by atoms with Gasteiger partial charge in [-0.25, -0.2) is 13.6 Å². The SMILES string of the molecule is Cc1c(-c2ccc3c(C#N)c(O[C@H](C)c4ccc(F)cn4)nn3c2)nnn1C1CCC(O)CC1. The molecule has 9 nitrogen and oxygen atoms in total. The summed E-state index contributed by atoms with van der Waals surface area (Å²) in [5.41, 5.74) is 3.95. The van der Waals surface area contributed by atoms with Crippen LogP contribution in [-0.4, -0.2) is 40.8 Å². The molecule has 4 aromatic heterocycles. The summed E-state index contributed by atoms with van der Waals surface area (Å²) in [6.07, 6.45) is 5.46. The maximum atomic E-state index is 13.2. The molecule has 0 amide bonds. The summed E-state index contributed by atoms with van der Waals surface area (Å²) in [5.74, 6) is -0.248. The van der Waals surface area contributed by atoms with Gasteiger partial charge >= 0.3 is 0 Å². The summed E-state index contributed by atoms with van der Waals surface area (Å²) < 4.78 is 22.6. The van der Waals surface area contributed by atoms with Crippen LogP contribution >= 0.6 is 0 Å². The number of nitrogens with zero attached hydrogens (tertiary/aromatic N) is 7. The zero-order valence-electron chi connectivity index (χ0n) is 18.9. The number of rotatable bonds is 5. The van der Waals surface area contributed by atoms with Crippen molar-refractivity contribution in [2.24, 2.45) is 0 Å². The van der Waals surface area contributed by atoms with E-state index < -0.39 is 11.9 Å². The van der Waals surface area contributed by atoms with Gasteiger partial charge in [-0.1, -0.05) is 5.21 Å². The van der Waals surface area contributed by atoms with E-state index in [4.69, 9.17) is 4.74 Å². The molecule has 1 fully saturated rings. The van der Waals surface area contributed by atoms with E-state index in [1.807, 2.05) is 23.7 Å². The Kier molecular flexibility index (Phi) is 5.71. The smallest absolute Gasteiger partial charge is 0.252 e. The van der Waals surface area contributed by atoms with Crippen LogP contribution in [0.1, 0.15) is 61.7 Å². The van der Waals surface area contributed by atoms with E-state index in [1.165, 1.54) is 6.07 Å². The average Bonchev–Trinajstić information content (AvgIpc) is 3.39.